The first kappa shape index (κ1) is 13.3. The van der Waals surface area contributed by atoms with E-state index >= 15 is 0 Å². The topological polar surface area (TPSA) is 45.5 Å². The van der Waals surface area contributed by atoms with E-state index in [1.54, 1.807) is 0 Å². The van der Waals surface area contributed by atoms with Crippen LogP contribution < -0.4 is 5.32 Å². The van der Waals surface area contributed by atoms with E-state index in [4.69, 9.17) is 0 Å². The zero-order valence-corrected chi connectivity index (χ0v) is 11.5. The maximum Gasteiger partial charge on any atom is 0.192 e. The molecule has 0 radical (unpaired) electrons. The number of rotatable bonds is 1. The molecule has 2 aromatic heterocycles. The molecule has 2 aromatic rings. The molecule has 1 aliphatic heterocycles. The van der Waals surface area contributed by atoms with E-state index in [9.17, 15) is 0 Å². The van der Waals surface area contributed by atoms with Crippen molar-refractivity contribution in [1.82, 2.24) is 24.8 Å². The normalized spacial score (nSPS) is 16.3. The number of hydrogen-bond acceptors (Lipinski definition) is 5. The number of likely N-dealkylation sites (N-methyl/N-ethyl adjacent to an activating group) is 1. The van der Waals surface area contributed by atoms with Crippen LogP contribution in [0.25, 0.3) is 5.65 Å². The minimum absolute atomic E-state index is 0.621. The molecule has 0 unspecified atom stereocenters. The van der Waals surface area contributed by atoms with Gasteiger partial charge in [0.25, 0.3) is 0 Å². The van der Waals surface area contributed by atoms with Crippen molar-refractivity contribution in [3.8, 4) is 0 Å². The number of aromatic nitrogens is 3. The van der Waals surface area contributed by atoms with E-state index in [0.717, 1.165) is 5.65 Å². The predicted octanol–water partition coefficient (Wildman–Crippen LogP) is 0.929. The van der Waals surface area contributed by atoms with Crippen molar-refractivity contribution in [3.63, 3.8) is 0 Å². The summed E-state index contributed by atoms with van der Waals surface area (Å²) in [5.41, 5.74) is 0.826. The van der Waals surface area contributed by atoms with E-state index in [1.807, 2.05) is 28.8 Å². The summed E-state index contributed by atoms with van der Waals surface area (Å²) in [6.45, 7) is 8.24. The Morgan fingerprint density at radius 3 is 2.67 bits per heavy atom. The van der Waals surface area contributed by atoms with Gasteiger partial charge in [0.15, 0.2) is 10.8 Å². The van der Waals surface area contributed by atoms with Gasteiger partial charge in [-0.1, -0.05) is 13.0 Å². The molecular formula is C12H19N5S. The fourth-order valence-corrected chi connectivity index (χ4v) is 2.07. The quantitative estimate of drug-likeness (QED) is 0.753. The van der Waals surface area contributed by atoms with Crippen molar-refractivity contribution in [2.45, 2.75) is 12.1 Å². The summed E-state index contributed by atoms with van der Waals surface area (Å²) in [5.74, 6) is 0. The summed E-state index contributed by atoms with van der Waals surface area (Å²) in [5, 5.41) is 11.6. The van der Waals surface area contributed by atoms with E-state index in [1.165, 1.54) is 32.7 Å². The molecule has 0 aliphatic carbocycles. The molecule has 3 heterocycles. The van der Waals surface area contributed by atoms with Gasteiger partial charge in [-0.05, 0) is 18.7 Å². The largest absolute Gasteiger partial charge is 0.314 e. The molecule has 0 atom stereocenters. The molecule has 3 rings (SSSR count). The third-order valence-corrected chi connectivity index (χ3v) is 3.26. The van der Waals surface area contributed by atoms with E-state index in [-0.39, 0.29) is 0 Å². The summed E-state index contributed by atoms with van der Waals surface area (Å²) in [6, 6.07) is 5.71. The van der Waals surface area contributed by atoms with E-state index in [0.29, 0.717) is 5.16 Å². The van der Waals surface area contributed by atoms with Crippen molar-refractivity contribution in [2.75, 3.05) is 32.7 Å². The van der Waals surface area contributed by atoms with Crippen LogP contribution in [0.3, 0.4) is 0 Å². The molecule has 0 spiro atoms. The Labute approximate surface area is 113 Å². The van der Waals surface area contributed by atoms with E-state index in [2.05, 4.69) is 40.0 Å². The Morgan fingerprint density at radius 2 is 2.06 bits per heavy atom. The Morgan fingerprint density at radius 1 is 1.28 bits per heavy atom. The molecule has 98 valence electrons. The number of nitrogens with one attached hydrogen (secondary N) is 1. The highest BCUT2D eigenvalue weighted by Gasteiger charge is 2.04. The van der Waals surface area contributed by atoms with Crippen molar-refractivity contribution in [2.24, 2.45) is 0 Å². The highest BCUT2D eigenvalue weighted by atomic mass is 32.1. The Balaban J connectivity index is 0.000000138. The highest BCUT2D eigenvalue weighted by molar-refractivity contribution is 7.80. The average molecular weight is 265 g/mol. The SMILES string of the molecule is CCN1CCNCC1.Sc1nnc2ccccn12. The maximum atomic E-state index is 4.09. The highest BCUT2D eigenvalue weighted by Crippen LogP contribution is 2.04. The van der Waals surface area contributed by atoms with Crippen LogP contribution in [-0.2, 0) is 0 Å². The molecule has 1 fully saturated rings. The molecule has 18 heavy (non-hydrogen) atoms. The number of nitrogens with zero attached hydrogens (tertiary/aromatic N) is 4. The molecule has 0 amide bonds. The Kier molecular flexibility index (Phi) is 4.98. The molecule has 0 aromatic carbocycles. The summed E-state index contributed by atoms with van der Waals surface area (Å²) < 4.78 is 1.81. The maximum absolute atomic E-state index is 4.09. The van der Waals surface area contributed by atoms with E-state index < -0.39 is 0 Å². The first-order chi connectivity index (χ1) is 8.81. The second kappa shape index (κ2) is 6.72. The fraction of sp³-hybridized carbons (Fsp3) is 0.500. The number of piperazine rings is 1. The van der Waals surface area contributed by atoms with Gasteiger partial charge >= 0.3 is 0 Å². The van der Waals surface area contributed by atoms with Crippen molar-refractivity contribution < 1.29 is 0 Å². The van der Waals surface area contributed by atoms with Crippen LogP contribution in [0.4, 0.5) is 0 Å². The lowest BCUT2D eigenvalue weighted by Gasteiger charge is -2.25. The monoisotopic (exact) mass is 265 g/mol. The summed E-state index contributed by atoms with van der Waals surface area (Å²) in [6.07, 6.45) is 1.87. The van der Waals surface area contributed by atoms with Gasteiger partial charge in [0, 0.05) is 32.4 Å². The minimum Gasteiger partial charge on any atom is -0.314 e. The lowest BCUT2D eigenvalue weighted by Crippen LogP contribution is -2.43. The minimum atomic E-state index is 0.621. The van der Waals surface area contributed by atoms with Crippen LogP contribution in [0.1, 0.15) is 6.92 Å². The van der Waals surface area contributed by atoms with Gasteiger partial charge in [-0.25, -0.2) is 0 Å². The summed E-state index contributed by atoms with van der Waals surface area (Å²) in [4.78, 5) is 2.45. The van der Waals surface area contributed by atoms with Gasteiger partial charge in [0.2, 0.25) is 0 Å². The fourth-order valence-electron chi connectivity index (χ4n) is 1.86. The molecular weight excluding hydrogens is 246 g/mol. The standard InChI is InChI=1S/C6H5N3S.C6H14N2/c10-6-8-7-5-3-1-2-4-9(5)6;1-2-8-5-3-7-4-6-8/h1-4H,(H,8,10);7H,2-6H2,1H3. The molecule has 6 heteroatoms. The first-order valence-electron chi connectivity index (χ1n) is 6.23. The number of fused-ring (bicyclic) bond motifs is 1. The summed E-state index contributed by atoms with van der Waals surface area (Å²) >= 11 is 4.09. The van der Waals surface area contributed by atoms with Crippen molar-refractivity contribution >= 4 is 18.3 Å². The van der Waals surface area contributed by atoms with Gasteiger partial charge in [-0.3, -0.25) is 4.40 Å². The number of hydrogen-bond donors (Lipinski definition) is 2. The van der Waals surface area contributed by atoms with Crippen LogP contribution in [-0.4, -0.2) is 52.2 Å². The van der Waals surface area contributed by atoms with Crippen LogP contribution in [0.5, 0.6) is 0 Å². The molecule has 5 nitrogen and oxygen atoms in total. The smallest absolute Gasteiger partial charge is 0.192 e. The first-order valence-corrected chi connectivity index (χ1v) is 6.68. The predicted molar refractivity (Wildman–Crippen MR) is 75.2 cm³/mol. The molecule has 0 saturated carbocycles. The van der Waals surface area contributed by atoms with Gasteiger partial charge < -0.3 is 10.2 Å². The van der Waals surface area contributed by atoms with Gasteiger partial charge in [-0.2, -0.15) is 0 Å². The lowest BCUT2D eigenvalue weighted by atomic mass is 10.4. The second-order valence-electron chi connectivity index (χ2n) is 4.11. The molecule has 1 N–H and O–H groups in total. The van der Waals surface area contributed by atoms with Crippen LogP contribution in [0.15, 0.2) is 29.6 Å². The third kappa shape index (κ3) is 3.44. The third-order valence-electron chi connectivity index (χ3n) is 2.95. The van der Waals surface area contributed by atoms with Crippen LogP contribution in [0.2, 0.25) is 0 Å². The Hall–Kier alpha value is -1.11. The zero-order valence-electron chi connectivity index (χ0n) is 10.6. The number of pyridine rings is 1. The van der Waals surface area contributed by atoms with Crippen LogP contribution in [0, 0.1) is 0 Å². The second-order valence-corrected chi connectivity index (χ2v) is 4.51. The molecule has 1 saturated heterocycles. The number of thiol groups is 1. The van der Waals surface area contributed by atoms with Crippen molar-refractivity contribution in [1.29, 1.82) is 0 Å². The zero-order chi connectivity index (χ0) is 12.8. The molecule has 0 bridgehead atoms. The Bertz CT molecular complexity index is 478. The van der Waals surface area contributed by atoms with Gasteiger partial charge in [0.05, 0.1) is 0 Å². The molecule has 1 aliphatic rings. The average Bonchev–Trinajstić information content (AvgIpc) is 2.83. The van der Waals surface area contributed by atoms with Crippen molar-refractivity contribution in [3.05, 3.63) is 24.4 Å². The van der Waals surface area contributed by atoms with Crippen LogP contribution >= 0.6 is 12.6 Å². The van der Waals surface area contributed by atoms with Gasteiger partial charge in [0.1, 0.15) is 0 Å². The van der Waals surface area contributed by atoms with Gasteiger partial charge in [-0.15, -0.1) is 22.8 Å². The summed E-state index contributed by atoms with van der Waals surface area (Å²) in [7, 11) is 0. The lowest BCUT2D eigenvalue weighted by molar-refractivity contribution is 0.253.